The number of nitrogens with zero attached hydrogens (tertiary/aromatic N) is 3. The molecule has 6 heteroatoms. The first-order valence-corrected chi connectivity index (χ1v) is 6.99. The Morgan fingerprint density at radius 1 is 1.24 bits per heavy atom. The number of para-hydroxylation sites is 1. The summed E-state index contributed by atoms with van der Waals surface area (Å²) in [5.41, 5.74) is 3.31. The maximum Gasteiger partial charge on any atom is 0.239 e. The van der Waals surface area contributed by atoms with Crippen molar-refractivity contribution in [2.24, 2.45) is 0 Å². The average molecular weight is 287 g/mol. The van der Waals surface area contributed by atoms with Gasteiger partial charge in [0.1, 0.15) is 12.2 Å². The summed E-state index contributed by atoms with van der Waals surface area (Å²) >= 11 is 0. The highest BCUT2D eigenvalue weighted by Gasteiger charge is 2.05. The third-order valence-electron chi connectivity index (χ3n) is 3.39. The molecule has 1 aromatic heterocycles. The van der Waals surface area contributed by atoms with Crippen LogP contribution in [0.2, 0.25) is 0 Å². The van der Waals surface area contributed by atoms with E-state index in [9.17, 15) is 4.79 Å². The van der Waals surface area contributed by atoms with Crippen LogP contribution in [0.15, 0.2) is 24.5 Å². The topological polar surface area (TPSA) is 71.8 Å². The van der Waals surface area contributed by atoms with Gasteiger partial charge in [-0.1, -0.05) is 18.2 Å². The van der Waals surface area contributed by atoms with E-state index in [1.165, 1.54) is 0 Å². The van der Waals surface area contributed by atoms with E-state index in [-0.39, 0.29) is 12.5 Å². The van der Waals surface area contributed by atoms with Crippen LogP contribution in [0.25, 0.3) is 0 Å². The van der Waals surface area contributed by atoms with Crippen LogP contribution in [0.3, 0.4) is 0 Å². The fourth-order valence-corrected chi connectivity index (χ4v) is 2.17. The lowest BCUT2D eigenvalue weighted by Gasteiger charge is -2.12. The van der Waals surface area contributed by atoms with Crippen molar-refractivity contribution in [2.75, 3.05) is 18.4 Å². The molecule has 0 aliphatic heterocycles. The molecule has 0 fully saturated rings. The van der Waals surface area contributed by atoms with Crippen molar-refractivity contribution in [2.45, 2.75) is 27.3 Å². The van der Waals surface area contributed by atoms with Crippen LogP contribution in [0.5, 0.6) is 0 Å². The van der Waals surface area contributed by atoms with E-state index < -0.39 is 0 Å². The van der Waals surface area contributed by atoms with E-state index in [2.05, 4.69) is 20.8 Å². The number of carbonyl (C=O) groups excluding carboxylic acids is 1. The number of anilines is 1. The zero-order valence-corrected chi connectivity index (χ0v) is 12.7. The molecule has 1 amide bonds. The van der Waals surface area contributed by atoms with Crippen LogP contribution in [0.4, 0.5) is 5.69 Å². The van der Waals surface area contributed by atoms with Gasteiger partial charge in [-0.15, -0.1) is 10.2 Å². The van der Waals surface area contributed by atoms with E-state index in [1.54, 1.807) is 6.33 Å². The van der Waals surface area contributed by atoms with Gasteiger partial charge in [0.2, 0.25) is 5.91 Å². The molecule has 2 N–H and O–H groups in total. The van der Waals surface area contributed by atoms with E-state index in [0.717, 1.165) is 22.6 Å². The summed E-state index contributed by atoms with van der Waals surface area (Å²) in [6, 6.07) is 6.07. The Balaban J connectivity index is 1.76. The van der Waals surface area contributed by atoms with Crippen molar-refractivity contribution < 1.29 is 4.79 Å². The number of hydrogen-bond acceptors (Lipinski definition) is 4. The minimum absolute atomic E-state index is 0.0246. The van der Waals surface area contributed by atoms with Gasteiger partial charge < -0.3 is 15.2 Å². The molecule has 6 nitrogen and oxygen atoms in total. The molecule has 2 rings (SSSR count). The Labute approximate surface area is 124 Å². The van der Waals surface area contributed by atoms with Crippen molar-refractivity contribution in [1.29, 1.82) is 0 Å². The fraction of sp³-hybridized carbons (Fsp3) is 0.400. The molecular formula is C15H21N5O. The number of carbonyl (C=O) groups is 1. The summed E-state index contributed by atoms with van der Waals surface area (Å²) < 4.78 is 1.90. The molecule has 0 unspecified atom stereocenters. The van der Waals surface area contributed by atoms with Gasteiger partial charge in [-0.05, 0) is 31.9 Å². The number of aromatic nitrogens is 3. The molecule has 0 bridgehead atoms. The quantitative estimate of drug-likeness (QED) is 0.843. The van der Waals surface area contributed by atoms with Crippen LogP contribution in [-0.4, -0.2) is 33.8 Å². The SMILES string of the molecule is Cc1cccc(C)c1NCC(=O)NCCn1cnnc1C. The van der Waals surface area contributed by atoms with E-state index >= 15 is 0 Å². The van der Waals surface area contributed by atoms with Gasteiger partial charge in [0, 0.05) is 18.8 Å². The van der Waals surface area contributed by atoms with Gasteiger partial charge in [0.15, 0.2) is 0 Å². The maximum absolute atomic E-state index is 11.8. The summed E-state index contributed by atoms with van der Waals surface area (Å²) in [5.74, 6) is 0.821. The van der Waals surface area contributed by atoms with E-state index in [0.29, 0.717) is 13.1 Å². The zero-order chi connectivity index (χ0) is 15.2. The number of nitrogens with one attached hydrogen (secondary N) is 2. The zero-order valence-electron chi connectivity index (χ0n) is 12.7. The third kappa shape index (κ3) is 4.05. The molecule has 21 heavy (non-hydrogen) atoms. The highest BCUT2D eigenvalue weighted by molar-refractivity contribution is 5.81. The van der Waals surface area contributed by atoms with Crippen LogP contribution in [0.1, 0.15) is 17.0 Å². The lowest BCUT2D eigenvalue weighted by atomic mass is 10.1. The third-order valence-corrected chi connectivity index (χ3v) is 3.39. The van der Waals surface area contributed by atoms with Crippen molar-refractivity contribution in [3.05, 3.63) is 41.5 Å². The summed E-state index contributed by atoms with van der Waals surface area (Å²) in [7, 11) is 0. The molecule has 0 aliphatic rings. The van der Waals surface area contributed by atoms with Crippen LogP contribution in [0, 0.1) is 20.8 Å². The van der Waals surface area contributed by atoms with Crippen molar-refractivity contribution in [1.82, 2.24) is 20.1 Å². The van der Waals surface area contributed by atoms with E-state index in [4.69, 9.17) is 0 Å². The number of hydrogen-bond donors (Lipinski definition) is 2. The first-order chi connectivity index (χ1) is 10.1. The van der Waals surface area contributed by atoms with Gasteiger partial charge >= 0.3 is 0 Å². The Kier molecular flexibility index (Phi) is 4.92. The van der Waals surface area contributed by atoms with Crippen LogP contribution in [-0.2, 0) is 11.3 Å². The normalized spacial score (nSPS) is 10.4. The average Bonchev–Trinajstić information content (AvgIpc) is 2.84. The molecule has 1 heterocycles. The standard InChI is InChI=1S/C15H21N5O/c1-11-5-4-6-12(2)15(11)17-9-14(21)16-7-8-20-10-18-19-13(20)3/h4-6,10,17H,7-9H2,1-3H3,(H,16,21). The van der Waals surface area contributed by atoms with E-state index in [1.807, 2.05) is 43.5 Å². The molecule has 0 spiro atoms. The largest absolute Gasteiger partial charge is 0.376 e. The fourth-order valence-electron chi connectivity index (χ4n) is 2.17. The number of benzene rings is 1. The summed E-state index contributed by atoms with van der Waals surface area (Å²) in [6.07, 6.45) is 1.66. The second kappa shape index (κ2) is 6.88. The molecule has 0 saturated carbocycles. The number of rotatable bonds is 6. The Morgan fingerprint density at radius 3 is 2.57 bits per heavy atom. The first-order valence-electron chi connectivity index (χ1n) is 6.99. The van der Waals surface area contributed by atoms with Gasteiger partial charge in [0.05, 0.1) is 6.54 Å². The van der Waals surface area contributed by atoms with Crippen LogP contribution < -0.4 is 10.6 Å². The molecule has 2 aromatic rings. The Morgan fingerprint density at radius 2 is 1.95 bits per heavy atom. The highest BCUT2D eigenvalue weighted by Crippen LogP contribution is 2.18. The predicted molar refractivity (Wildman–Crippen MR) is 82.2 cm³/mol. The Hall–Kier alpha value is -2.37. The van der Waals surface area contributed by atoms with Crippen molar-refractivity contribution in [3.8, 4) is 0 Å². The molecule has 1 aromatic carbocycles. The van der Waals surface area contributed by atoms with Gasteiger partial charge in [-0.25, -0.2) is 0 Å². The molecule has 112 valence electrons. The highest BCUT2D eigenvalue weighted by atomic mass is 16.1. The first kappa shape index (κ1) is 15.0. The molecule has 0 aliphatic carbocycles. The minimum atomic E-state index is -0.0246. The lowest BCUT2D eigenvalue weighted by Crippen LogP contribution is -2.32. The van der Waals surface area contributed by atoms with Crippen molar-refractivity contribution >= 4 is 11.6 Å². The maximum atomic E-state index is 11.8. The molecule has 0 radical (unpaired) electrons. The van der Waals surface area contributed by atoms with Gasteiger partial charge in [-0.3, -0.25) is 4.79 Å². The van der Waals surface area contributed by atoms with Gasteiger partial charge in [-0.2, -0.15) is 0 Å². The molecular weight excluding hydrogens is 266 g/mol. The Bertz CT molecular complexity index is 600. The lowest BCUT2D eigenvalue weighted by molar-refractivity contribution is -0.119. The summed E-state index contributed by atoms with van der Waals surface area (Å²) in [5, 5.41) is 13.8. The minimum Gasteiger partial charge on any atom is -0.376 e. The van der Waals surface area contributed by atoms with Gasteiger partial charge in [0.25, 0.3) is 0 Å². The predicted octanol–water partition coefficient (Wildman–Crippen LogP) is 1.43. The number of amides is 1. The summed E-state index contributed by atoms with van der Waals surface area (Å²) in [6.45, 7) is 7.45. The smallest absolute Gasteiger partial charge is 0.239 e. The molecule has 0 saturated heterocycles. The number of aryl methyl sites for hydroxylation is 3. The van der Waals surface area contributed by atoms with Crippen molar-refractivity contribution in [3.63, 3.8) is 0 Å². The summed E-state index contributed by atoms with van der Waals surface area (Å²) in [4.78, 5) is 11.8. The monoisotopic (exact) mass is 287 g/mol. The second-order valence-corrected chi connectivity index (χ2v) is 5.04. The second-order valence-electron chi connectivity index (χ2n) is 5.04. The molecule has 0 atom stereocenters. The van der Waals surface area contributed by atoms with Crippen LogP contribution >= 0.6 is 0 Å².